The molecule has 6 rings (SSSR count). The Morgan fingerprint density at radius 1 is 1.06 bits per heavy atom. The number of ether oxygens (including phenoxy) is 1. The highest BCUT2D eigenvalue weighted by Gasteiger charge is 2.56. The molecule has 0 bridgehead atoms. The van der Waals surface area contributed by atoms with Gasteiger partial charge in [0.15, 0.2) is 5.69 Å². The SMILES string of the molecule is COc1ccc2c([nH+]1)CCC[C@]21C[NH2+]C[C@H]1C(=O)N1CC[C@@H](c2ccccc2)C[C@H]1C1CCCCC1. The summed E-state index contributed by atoms with van der Waals surface area (Å²) < 4.78 is 5.49. The normalized spacial score (nSPS) is 30.8. The molecular weight excluding hydrogens is 446 g/mol. The molecule has 1 amide bonds. The average Bonchev–Trinajstić information content (AvgIpc) is 3.37. The van der Waals surface area contributed by atoms with Crippen molar-refractivity contribution in [1.82, 2.24) is 4.90 Å². The minimum Gasteiger partial charge on any atom is -0.448 e. The lowest BCUT2D eigenvalue weighted by Gasteiger charge is -2.47. The highest BCUT2D eigenvalue weighted by Crippen LogP contribution is 2.46. The Kier molecular flexibility index (Phi) is 6.76. The summed E-state index contributed by atoms with van der Waals surface area (Å²) in [5.74, 6) is 2.55. The van der Waals surface area contributed by atoms with Gasteiger partial charge in [0.1, 0.15) is 5.92 Å². The van der Waals surface area contributed by atoms with Crippen LogP contribution in [-0.4, -0.2) is 43.6 Å². The summed E-state index contributed by atoms with van der Waals surface area (Å²) in [7, 11) is 1.72. The van der Waals surface area contributed by atoms with Crippen LogP contribution in [-0.2, 0) is 16.6 Å². The number of fused-ring (bicyclic) bond motifs is 2. The Morgan fingerprint density at radius 3 is 2.69 bits per heavy atom. The van der Waals surface area contributed by atoms with E-state index in [1.54, 1.807) is 7.11 Å². The fourth-order valence-electron chi connectivity index (χ4n) is 8.27. The molecule has 2 aromatic rings. The number of benzene rings is 1. The molecular formula is C31H43N3O2+2. The second-order valence-corrected chi connectivity index (χ2v) is 11.8. The summed E-state index contributed by atoms with van der Waals surface area (Å²) in [5, 5.41) is 2.41. The first-order valence-electron chi connectivity index (χ1n) is 14.5. The summed E-state index contributed by atoms with van der Waals surface area (Å²) in [6, 6.07) is 15.8. The van der Waals surface area contributed by atoms with Crippen LogP contribution in [0.25, 0.3) is 0 Å². The number of H-pyrrole nitrogens is 1. The highest BCUT2D eigenvalue weighted by molar-refractivity contribution is 5.82. The van der Waals surface area contributed by atoms with E-state index in [9.17, 15) is 4.79 Å². The Balaban J connectivity index is 1.30. The van der Waals surface area contributed by atoms with Gasteiger partial charge >= 0.3 is 5.88 Å². The fraction of sp³-hybridized carbons (Fsp3) is 0.613. The molecule has 0 unspecified atom stereocenters. The van der Waals surface area contributed by atoms with Gasteiger partial charge in [-0.15, -0.1) is 0 Å². The number of nitrogens with zero attached hydrogens (tertiary/aromatic N) is 1. The van der Waals surface area contributed by atoms with Gasteiger partial charge in [0, 0.05) is 24.6 Å². The standard InChI is InChI=1S/C31H41N3O2/c1-36-29-15-14-25-27(33-29)13-8-17-31(25)21-32-20-26(31)30(35)34-18-16-24(22-9-4-2-5-10-22)19-28(34)23-11-6-3-7-12-23/h2,4-5,9-10,14-15,23-24,26,28,32H,3,6-8,11-13,16-21H2,1H3/p+2/t24-,26+,28+,31+/m1/s1. The predicted molar refractivity (Wildman–Crippen MR) is 140 cm³/mol. The van der Waals surface area contributed by atoms with E-state index >= 15 is 0 Å². The van der Waals surface area contributed by atoms with Gasteiger partial charge in [-0.25, -0.2) is 0 Å². The number of aromatic nitrogens is 1. The number of quaternary nitrogens is 1. The van der Waals surface area contributed by atoms with Crippen molar-refractivity contribution < 1.29 is 19.8 Å². The molecule has 5 heteroatoms. The Hall–Kier alpha value is -2.40. The van der Waals surface area contributed by atoms with Crippen LogP contribution in [0.3, 0.4) is 0 Å². The maximum Gasteiger partial charge on any atom is 0.366 e. The molecule has 1 saturated carbocycles. The van der Waals surface area contributed by atoms with Crippen LogP contribution in [0.15, 0.2) is 42.5 Å². The predicted octanol–water partition coefficient (Wildman–Crippen LogP) is 3.63. The number of amides is 1. The van der Waals surface area contributed by atoms with Crippen LogP contribution >= 0.6 is 0 Å². The molecule has 36 heavy (non-hydrogen) atoms. The van der Waals surface area contributed by atoms with E-state index in [1.165, 1.54) is 48.9 Å². The van der Waals surface area contributed by atoms with E-state index in [0.29, 0.717) is 23.8 Å². The molecule has 5 nitrogen and oxygen atoms in total. The zero-order valence-corrected chi connectivity index (χ0v) is 21.9. The van der Waals surface area contributed by atoms with Crippen LogP contribution in [0.4, 0.5) is 0 Å². The van der Waals surface area contributed by atoms with E-state index < -0.39 is 0 Å². The van der Waals surface area contributed by atoms with Gasteiger partial charge in [0.25, 0.3) is 0 Å². The van der Waals surface area contributed by atoms with E-state index in [2.05, 4.69) is 57.7 Å². The second-order valence-electron chi connectivity index (χ2n) is 11.8. The van der Waals surface area contributed by atoms with Crippen molar-refractivity contribution >= 4 is 5.91 Å². The van der Waals surface area contributed by atoms with Crippen molar-refractivity contribution in [2.45, 2.75) is 81.6 Å². The lowest BCUT2D eigenvalue weighted by molar-refractivity contribution is -0.640. The number of piperidine rings is 1. The molecule has 2 aliphatic heterocycles. The smallest absolute Gasteiger partial charge is 0.366 e. The minimum atomic E-state index is -0.0547. The molecule has 3 heterocycles. The molecule has 3 fully saturated rings. The van der Waals surface area contributed by atoms with Crippen LogP contribution in [0.5, 0.6) is 5.88 Å². The third-order valence-electron chi connectivity index (χ3n) is 10.1. The van der Waals surface area contributed by atoms with Crippen LogP contribution < -0.4 is 15.0 Å². The summed E-state index contributed by atoms with van der Waals surface area (Å²) in [6.07, 6.45) is 12.1. The number of likely N-dealkylation sites (tertiary alicyclic amines) is 1. The number of hydrogen-bond donors (Lipinski definition) is 1. The maximum atomic E-state index is 14.6. The van der Waals surface area contributed by atoms with Crippen molar-refractivity contribution in [1.29, 1.82) is 0 Å². The van der Waals surface area contributed by atoms with Gasteiger partial charge in [0.05, 0.1) is 31.7 Å². The molecule has 2 aliphatic carbocycles. The van der Waals surface area contributed by atoms with E-state index in [1.807, 2.05) is 0 Å². The van der Waals surface area contributed by atoms with Crippen molar-refractivity contribution in [2.24, 2.45) is 11.8 Å². The molecule has 1 spiro atoms. The number of rotatable bonds is 4. The van der Waals surface area contributed by atoms with Crippen LogP contribution in [0.1, 0.15) is 80.5 Å². The third kappa shape index (κ3) is 4.23. The Bertz CT molecular complexity index is 1070. The summed E-state index contributed by atoms with van der Waals surface area (Å²) in [5.41, 5.74) is 4.05. The number of aryl methyl sites for hydroxylation is 1. The summed E-state index contributed by atoms with van der Waals surface area (Å²) in [6.45, 7) is 2.85. The summed E-state index contributed by atoms with van der Waals surface area (Å²) >= 11 is 0. The number of methoxy groups -OCH3 is 1. The van der Waals surface area contributed by atoms with Gasteiger partial charge < -0.3 is 15.0 Å². The number of pyridine rings is 1. The minimum absolute atomic E-state index is 0.0547. The van der Waals surface area contributed by atoms with Gasteiger partial charge in [-0.05, 0) is 62.0 Å². The number of aromatic amines is 1. The molecule has 1 aromatic heterocycles. The topological polar surface area (TPSA) is 60.3 Å². The number of carbonyl (C=O) groups excluding carboxylic acids is 1. The molecule has 2 saturated heterocycles. The number of hydrogen-bond acceptors (Lipinski definition) is 2. The lowest BCUT2D eigenvalue weighted by Crippen LogP contribution is -2.82. The molecule has 0 radical (unpaired) electrons. The van der Waals surface area contributed by atoms with Crippen LogP contribution in [0.2, 0.25) is 0 Å². The first kappa shape index (κ1) is 24.0. The van der Waals surface area contributed by atoms with Gasteiger partial charge in [-0.3, -0.25) is 4.79 Å². The van der Waals surface area contributed by atoms with Gasteiger partial charge in [0.2, 0.25) is 5.91 Å². The first-order valence-corrected chi connectivity index (χ1v) is 14.5. The first-order chi connectivity index (χ1) is 17.7. The zero-order valence-electron chi connectivity index (χ0n) is 21.9. The molecule has 4 aliphatic rings. The van der Waals surface area contributed by atoms with Crippen molar-refractivity contribution in [2.75, 3.05) is 26.7 Å². The van der Waals surface area contributed by atoms with Crippen molar-refractivity contribution in [3.63, 3.8) is 0 Å². The molecule has 3 N–H and O–H groups in total. The van der Waals surface area contributed by atoms with E-state index in [-0.39, 0.29) is 11.3 Å². The number of nitrogens with one attached hydrogen (secondary N) is 1. The molecule has 1 aromatic carbocycles. The van der Waals surface area contributed by atoms with E-state index in [4.69, 9.17) is 4.74 Å². The van der Waals surface area contributed by atoms with Crippen LogP contribution in [0, 0.1) is 11.8 Å². The zero-order chi connectivity index (χ0) is 24.5. The highest BCUT2D eigenvalue weighted by atomic mass is 16.5. The quantitative estimate of drug-likeness (QED) is 0.713. The lowest BCUT2D eigenvalue weighted by atomic mass is 9.64. The van der Waals surface area contributed by atoms with E-state index in [0.717, 1.165) is 57.6 Å². The number of carbonyl (C=O) groups is 1. The van der Waals surface area contributed by atoms with Crippen molar-refractivity contribution in [3.8, 4) is 5.88 Å². The molecule has 4 atom stereocenters. The van der Waals surface area contributed by atoms with Crippen molar-refractivity contribution in [3.05, 3.63) is 59.3 Å². The Morgan fingerprint density at radius 2 is 1.89 bits per heavy atom. The third-order valence-corrected chi connectivity index (χ3v) is 10.1. The number of nitrogens with two attached hydrogens (primary N) is 1. The molecule has 192 valence electrons. The monoisotopic (exact) mass is 489 g/mol. The van der Waals surface area contributed by atoms with Gasteiger partial charge in [-0.2, -0.15) is 4.98 Å². The van der Waals surface area contributed by atoms with Gasteiger partial charge in [-0.1, -0.05) is 49.6 Å². The largest absolute Gasteiger partial charge is 0.448 e. The maximum absolute atomic E-state index is 14.6. The Labute approximate surface area is 216 Å². The fourth-order valence-corrected chi connectivity index (χ4v) is 8.27. The summed E-state index contributed by atoms with van der Waals surface area (Å²) in [4.78, 5) is 20.5. The average molecular weight is 490 g/mol. The second kappa shape index (κ2) is 10.2.